The summed E-state index contributed by atoms with van der Waals surface area (Å²) in [6, 6.07) is 10.5. The second-order valence-corrected chi connectivity index (χ2v) is 4.31. The molecule has 4 nitrogen and oxygen atoms in total. The molecule has 4 heteroatoms. The predicted octanol–water partition coefficient (Wildman–Crippen LogP) is 1.19. The molecule has 0 aliphatic carbocycles. The van der Waals surface area contributed by atoms with E-state index in [9.17, 15) is 4.79 Å². The molecule has 0 saturated carbocycles. The van der Waals surface area contributed by atoms with Crippen molar-refractivity contribution in [3.05, 3.63) is 35.9 Å². The van der Waals surface area contributed by atoms with Crippen LogP contribution < -0.4 is 0 Å². The molecule has 0 amide bonds. The molecular weight excluding hydrogens is 218 g/mol. The second-order valence-electron chi connectivity index (χ2n) is 4.31. The lowest BCUT2D eigenvalue weighted by atomic mass is 9.92. The van der Waals surface area contributed by atoms with Crippen molar-refractivity contribution in [2.24, 2.45) is 0 Å². The van der Waals surface area contributed by atoms with Crippen LogP contribution in [0, 0.1) is 0 Å². The lowest BCUT2D eigenvalue weighted by molar-refractivity contribution is -0.142. The molecule has 92 valence electrons. The first-order chi connectivity index (χ1) is 8.25. The van der Waals surface area contributed by atoms with Crippen molar-refractivity contribution < 1.29 is 14.6 Å². The Balaban J connectivity index is 1.61. The highest BCUT2D eigenvalue weighted by Crippen LogP contribution is 2.25. The topological polar surface area (TPSA) is 49.8 Å². The molecule has 0 radical (unpaired) electrons. The lowest BCUT2D eigenvalue weighted by Crippen LogP contribution is -2.46. The number of nitrogens with zero attached hydrogens (tertiary/aromatic N) is 1. The van der Waals surface area contributed by atoms with Gasteiger partial charge in [-0.05, 0) is 5.56 Å². The zero-order valence-corrected chi connectivity index (χ0v) is 9.71. The first-order valence-corrected chi connectivity index (χ1v) is 5.82. The summed E-state index contributed by atoms with van der Waals surface area (Å²) in [6.45, 7) is 3.20. The van der Waals surface area contributed by atoms with Gasteiger partial charge in [-0.2, -0.15) is 0 Å². The first-order valence-electron chi connectivity index (χ1n) is 5.82. The summed E-state index contributed by atoms with van der Waals surface area (Å²) in [7, 11) is 0. The summed E-state index contributed by atoms with van der Waals surface area (Å²) in [5, 5.41) is 8.40. The molecule has 17 heavy (non-hydrogen) atoms. The van der Waals surface area contributed by atoms with E-state index in [0.29, 0.717) is 12.5 Å². The molecule has 1 aliphatic rings. The van der Waals surface area contributed by atoms with E-state index in [1.807, 2.05) is 6.07 Å². The number of rotatable bonds is 6. The van der Waals surface area contributed by atoms with Gasteiger partial charge >= 0.3 is 5.97 Å². The second kappa shape index (κ2) is 5.80. The number of benzene rings is 1. The summed E-state index contributed by atoms with van der Waals surface area (Å²) in [4.78, 5) is 12.5. The summed E-state index contributed by atoms with van der Waals surface area (Å²) in [5.41, 5.74) is 1.38. The average Bonchev–Trinajstić information content (AvgIpc) is 2.27. The normalized spacial score (nSPS) is 16.7. The Morgan fingerprint density at radius 1 is 1.35 bits per heavy atom. The highest BCUT2D eigenvalue weighted by Gasteiger charge is 2.27. The molecular formula is C13H17NO3. The minimum atomic E-state index is -0.907. The highest BCUT2D eigenvalue weighted by atomic mass is 16.5. The van der Waals surface area contributed by atoms with Crippen LogP contribution in [0.4, 0.5) is 0 Å². The Morgan fingerprint density at radius 3 is 2.71 bits per heavy atom. The number of ether oxygens (including phenoxy) is 1. The molecule has 0 atom stereocenters. The van der Waals surface area contributed by atoms with E-state index >= 15 is 0 Å². The van der Waals surface area contributed by atoms with Gasteiger partial charge in [-0.1, -0.05) is 30.3 Å². The molecule has 1 aromatic carbocycles. The van der Waals surface area contributed by atoms with Crippen LogP contribution in [0.5, 0.6) is 0 Å². The monoisotopic (exact) mass is 235 g/mol. The summed E-state index contributed by atoms with van der Waals surface area (Å²) in [5.74, 6) is -0.286. The third kappa shape index (κ3) is 3.54. The van der Waals surface area contributed by atoms with Crippen molar-refractivity contribution in [3.8, 4) is 0 Å². The maximum absolute atomic E-state index is 10.2. The molecule has 0 aromatic heterocycles. The zero-order chi connectivity index (χ0) is 12.1. The number of carboxylic acids is 1. The molecule has 0 spiro atoms. The van der Waals surface area contributed by atoms with E-state index in [2.05, 4.69) is 29.2 Å². The van der Waals surface area contributed by atoms with Crippen LogP contribution in [0.1, 0.15) is 11.5 Å². The van der Waals surface area contributed by atoms with E-state index < -0.39 is 5.97 Å². The maximum Gasteiger partial charge on any atom is 0.329 e. The summed E-state index contributed by atoms with van der Waals surface area (Å²) >= 11 is 0. The van der Waals surface area contributed by atoms with Gasteiger partial charge in [0.2, 0.25) is 0 Å². The summed E-state index contributed by atoms with van der Waals surface area (Å²) < 4.78 is 5.00. The zero-order valence-electron chi connectivity index (χ0n) is 9.71. The van der Waals surface area contributed by atoms with Crippen LogP contribution in [-0.2, 0) is 9.53 Å². The Morgan fingerprint density at radius 2 is 2.06 bits per heavy atom. The molecule has 1 heterocycles. The molecule has 1 saturated heterocycles. The molecule has 1 aliphatic heterocycles. The Kier molecular flexibility index (Phi) is 4.12. The van der Waals surface area contributed by atoms with Gasteiger partial charge in [-0.3, -0.25) is 4.90 Å². The van der Waals surface area contributed by atoms with Gasteiger partial charge < -0.3 is 9.84 Å². The van der Waals surface area contributed by atoms with Crippen molar-refractivity contribution in [1.29, 1.82) is 0 Å². The number of hydrogen-bond donors (Lipinski definition) is 1. The van der Waals surface area contributed by atoms with Gasteiger partial charge in [-0.15, -0.1) is 0 Å². The fourth-order valence-electron chi connectivity index (χ4n) is 2.04. The van der Waals surface area contributed by atoms with Gasteiger partial charge in [0, 0.05) is 25.6 Å². The molecule has 1 N–H and O–H groups in total. The first kappa shape index (κ1) is 12.1. The standard InChI is InChI=1S/C13H17NO3/c15-13(16)10-17-7-6-14-8-12(9-14)11-4-2-1-3-5-11/h1-5,12H,6-10H2,(H,15,16). The van der Waals surface area contributed by atoms with Crippen LogP contribution >= 0.6 is 0 Å². The maximum atomic E-state index is 10.2. The van der Waals surface area contributed by atoms with Gasteiger partial charge in [0.15, 0.2) is 0 Å². The van der Waals surface area contributed by atoms with Crippen LogP contribution in [0.25, 0.3) is 0 Å². The minimum Gasteiger partial charge on any atom is -0.480 e. The van der Waals surface area contributed by atoms with E-state index in [0.717, 1.165) is 19.6 Å². The molecule has 1 aromatic rings. The number of carbonyl (C=O) groups is 1. The predicted molar refractivity (Wildman–Crippen MR) is 64.1 cm³/mol. The number of aliphatic carboxylic acids is 1. The minimum absolute atomic E-state index is 0.198. The van der Waals surface area contributed by atoms with Crippen molar-refractivity contribution >= 4 is 5.97 Å². The third-order valence-corrected chi connectivity index (χ3v) is 3.01. The Hall–Kier alpha value is -1.39. The van der Waals surface area contributed by atoms with Crippen molar-refractivity contribution in [2.75, 3.05) is 32.8 Å². The molecule has 0 unspecified atom stereocenters. The Bertz CT molecular complexity index is 360. The van der Waals surface area contributed by atoms with Gasteiger partial charge in [0.25, 0.3) is 0 Å². The number of carboxylic acid groups (broad SMARTS) is 1. The van der Waals surface area contributed by atoms with Gasteiger partial charge in [0.1, 0.15) is 6.61 Å². The smallest absolute Gasteiger partial charge is 0.329 e. The van der Waals surface area contributed by atoms with Crippen LogP contribution in [0.2, 0.25) is 0 Å². The van der Waals surface area contributed by atoms with Gasteiger partial charge in [-0.25, -0.2) is 4.79 Å². The number of hydrogen-bond acceptors (Lipinski definition) is 3. The van der Waals surface area contributed by atoms with E-state index in [4.69, 9.17) is 9.84 Å². The Labute approximate surface area is 101 Å². The van der Waals surface area contributed by atoms with Crippen molar-refractivity contribution in [1.82, 2.24) is 4.90 Å². The van der Waals surface area contributed by atoms with Crippen LogP contribution in [-0.4, -0.2) is 48.8 Å². The van der Waals surface area contributed by atoms with Crippen LogP contribution in [0.15, 0.2) is 30.3 Å². The molecule has 1 fully saturated rings. The largest absolute Gasteiger partial charge is 0.480 e. The lowest BCUT2D eigenvalue weighted by Gasteiger charge is -2.39. The summed E-state index contributed by atoms with van der Waals surface area (Å²) in [6.07, 6.45) is 0. The highest BCUT2D eigenvalue weighted by molar-refractivity contribution is 5.67. The third-order valence-electron chi connectivity index (χ3n) is 3.01. The average molecular weight is 235 g/mol. The van der Waals surface area contributed by atoms with Gasteiger partial charge in [0.05, 0.1) is 6.61 Å². The fourth-order valence-corrected chi connectivity index (χ4v) is 2.04. The van der Waals surface area contributed by atoms with Crippen molar-refractivity contribution in [3.63, 3.8) is 0 Å². The van der Waals surface area contributed by atoms with E-state index in [1.54, 1.807) is 0 Å². The van der Waals surface area contributed by atoms with E-state index in [1.165, 1.54) is 5.56 Å². The fraction of sp³-hybridized carbons (Fsp3) is 0.462. The van der Waals surface area contributed by atoms with Crippen LogP contribution in [0.3, 0.4) is 0 Å². The number of likely N-dealkylation sites (tertiary alicyclic amines) is 1. The van der Waals surface area contributed by atoms with Crippen molar-refractivity contribution in [2.45, 2.75) is 5.92 Å². The SMILES string of the molecule is O=C(O)COCCN1CC(c2ccccc2)C1. The molecule has 0 bridgehead atoms. The molecule has 2 rings (SSSR count). The quantitative estimate of drug-likeness (QED) is 0.752. The van der Waals surface area contributed by atoms with E-state index in [-0.39, 0.29) is 6.61 Å².